The van der Waals surface area contributed by atoms with Gasteiger partial charge in [-0.2, -0.15) is 0 Å². The number of unbranched alkanes of at least 4 members (excludes halogenated alkanes) is 1. The topological polar surface area (TPSA) is 46.2 Å². The Balaban J connectivity index is 1.42. The average molecular weight is 336 g/mol. The van der Waals surface area contributed by atoms with E-state index in [9.17, 15) is 0 Å². The minimum absolute atomic E-state index is 0.0101. The van der Waals surface area contributed by atoms with Crippen LogP contribution in [0.5, 0.6) is 11.5 Å². The number of ether oxygens (including phenoxy) is 5. The molecule has 0 N–H and O–H groups in total. The number of fused-ring (bicyclic) bond motifs is 1. The molecule has 0 bridgehead atoms. The van der Waals surface area contributed by atoms with E-state index >= 15 is 0 Å². The van der Waals surface area contributed by atoms with Crippen LogP contribution in [0.2, 0.25) is 0 Å². The van der Waals surface area contributed by atoms with Gasteiger partial charge in [-0.25, -0.2) is 0 Å². The Kier molecular flexibility index (Phi) is 6.35. The maximum atomic E-state index is 5.96. The van der Waals surface area contributed by atoms with Crippen LogP contribution in [-0.4, -0.2) is 32.7 Å². The first-order valence-corrected chi connectivity index (χ1v) is 9.04. The Bertz CT molecular complexity index is 518. The Morgan fingerprint density at radius 2 is 2.08 bits per heavy atom. The van der Waals surface area contributed by atoms with Gasteiger partial charge in [-0.05, 0) is 30.5 Å². The second-order valence-electron chi connectivity index (χ2n) is 6.49. The maximum absolute atomic E-state index is 5.96. The first kappa shape index (κ1) is 17.5. The van der Waals surface area contributed by atoms with Crippen LogP contribution in [0.25, 0.3) is 0 Å². The first-order chi connectivity index (χ1) is 11.8. The zero-order valence-electron chi connectivity index (χ0n) is 14.7. The molecule has 0 radical (unpaired) electrons. The molecule has 0 saturated carbocycles. The summed E-state index contributed by atoms with van der Waals surface area (Å²) in [7, 11) is 0. The molecule has 1 fully saturated rings. The predicted octanol–water partition coefficient (Wildman–Crippen LogP) is 4.06. The number of rotatable bonds is 9. The first-order valence-electron chi connectivity index (χ1n) is 9.04. The summed E-state index contributed by atoms with van der Waals surface area (Å²) < 4.78 is 28.3. The highest BCUT2D eigenvalue weighted by Gasteiger charge is 2.29. The molecule has 2 aliphatic heterocycles. The van der Waals surface area contributed by atoms with Crippen molar-refractivity contribution in [2.45, 2.75) is 51.9 Å². The van der Waals surface area contributed by atoms with Gasteiger partial charge in [0.2, 0.25) is 6.79 Å². The van der Waals surface area contributed by atoms with Gasteiger partial charge in [-0.1, -0.05) is 33.1 Å². The van der Waals surface area contributed by atoms with Gasteiger partial charge in [0.15, 0.2) is 17.8 Å². The molecule has 2 heterocycles. The summed E-state index contributed by atoms with van der Waals surface area (Å²) in [6.07, 6.45) is 4.57. The quantitative estimate of drug-likeness (QED) is 0.680. The Morgan fingerprint density at radius 1 is 1.21 bits per heavy atom. The summed E-state index contributed by atoms with van der Waals surface area (Å²) in [5, 5.41) is 0. The SMILES string of the molecule is CCCCC(CC)COCC1COC(c2ccc3c(c2)OCO3)O1. The van der Waals surface area contributed by atoms with Crippen molar-refractivity contribution in [3.8, 4) is 11.5 Å². The van der Waals surface area contributed by atoms with Crippen LogP contribution in [-0.2, 0) is 14.2 Å². The molecule has 0 spiro atoms. The van der Waals surface area contributed by atoms with Gasteiger partial charge in [0.05, 0.1) is 13.2 Å². The average Bonchev–Trinajstić information content (AvgIpc) is 3.26. The van der Waals surface area contributed by atoms with Crippen molar-refractivity contribution in [3.05, 3.63) is 23.8 Å². The highest BCUT2D eigenvalue weighted by molar-refractivity contribution is 5.44. The molecule has 3 unspecified atom stereocenters. The maximum Gasteiger partial charge on any atom is 0.231 e. The lowest BCUT2D eigenvalue weighted by molar-refractivity contribution is -0.0759. The summed E-state index contributed by atoms with van der Waals surface area (Å²) in [4.78, 5) is 0. The summed E-state index contributed by atoms with van der Waals surface area (Å²) in [5.74, 6) is 2.17. The number of hydrogen-bond donors (Lipinski definition) is 0. The number of hydrogen-bond acceptors (Lipinski definition) is 5. The molecular formula is C19H28O5. The summed E-state index contributed by atoms with van der Waals surface area (Å²) in [5.41, 5.74) is 0.955. The van der Waals surface area contributed by atoms with Crippen molar-refractivity contribution < 1.29 is 23.7 Å². The van der Waals surface area contributed by atoms with Crippen molar-refractivity contribution in [3.63, 3.8) is 0 Å². The van der Waals surface area contributed by atoms with Gasteiger partial charge in [0.1, 0.15) is 6.10 Å². The van der Waals surface area contributed by atoms with Crippen LogP contribution >= 0.6 is 0 Å². The second kappa shape index (κ2) is 8.70. The van der Waals surface area contributed by atoms with E-state index in [1.165, 1.54) is 25.7 Å². The standard InChI is InChI=1S/C19H28O5/c1-3-5-6-14(4-2)10-20-11-16-12-21-19(24-16)15-7-8-17-18(9-15)23-13-22-17/h7-9,14,16,19H,3-6,10-13H2,1-2H3. The normalized spacial score (nSPS) is 23.6. The van der Waals surface area contributed by atoms with Crippen LogP contribution in [0.4, 0.5) is 0 Å². The van der Waals surface area contributed by atoms with E-state index in [1.807, 2.05) is 18.2 Å². The van der Waals surface area contributed by atoms with E-state index in [4.69, 9.17) is 23.7 Å². The van der Waals surface area contributed by atoms with Gasteiger partial charge in [0.25, 0.3) is 0 Å². The molecule has 0 amide bonds. The molecule has 0 aromatic heterocycles. The molecule has 134 valence electrons. The molecule has 2 aliphatic rings. The summed E-state index contributed by atoms with van der Waals surface area (Å²) in [6, 6.07) is 5.78. The van der Waals surface area contributed by atoms with Gasteiger partial charge >= 0.3 is 0 Å². The molecular weight excluding hydrogens is 308 g/mol. The monoisotopic (exact) mass is 336 g/mol. The van der Waals surface area contributed by atoms with E-state index in [1.54, 1.807) is 0 Å². The lowest BCUT2D eigenvalue weighted by atomic mass is 10.0. The fraction of sp³-hybridized carbons (Fsp3) is 0.684. The summed E-state index contributed by atoms with van der Waals surface area (Å²) >= 11 is 0. The molecule has 24 heavy (non-hydrogen) atoms. The fourth-order valence-corrected chi connectivity index (χ4v) is 3.03. The van der Waals surface area contributed by atoms with E-state index in [0.717, 1.165) is 23.7 Å². The highest BCUT2D eigenvalue weighted by Crippen LogP contribution is 2.36. The van der Waals surface area contributed by atoms with Crippen molar-refractivity contribution >= 4 is 0 Å². The molecule has 1 aromatic rings. The lowest BCUT2D eigenvalue weighted by Crippen LogP contribution is -2.20. The Hall–Kier alpha value is -1.30. The third kappa shape index (κ3) is 4.41. The van der Waals surface area contributed by atoms with Crippen LogP contribution in [0.3, 0.4) is 0 Å². The van der Waals surface area contributed by atoms with Crippen LogP contribution < -0.4 is 9.47 Å². The second-order valence-corrected chi connectivity index (χ2v) is 6.49. The van der Waals surface area contributed by atoms with Gasteiger partial charge in [0, 0.05) is 12.2 Å². The zero-order valence-corrected chi connectivity index (χ0v) is 14.7. The predicted molar refractivity (Wildman–Crippen MR) is 90.3 cm³/mol. The van der Waals surface area contributed by atoms with Gasteiger partial charge in [-0.3, -0.25) is 0 Å². The van der Waals surface area contributed by atoms with Crippen LogP contribution in [0, 0.1) is 5.92 Å². The third-order valence-corrected chi connectivity index (χ3v) is 4.62. The minimum Gasteiger partial charge on any atom is -0.454 e. The molecule has 5 heteroatoms. The zero-order chi connectivity index (χ0) is 16.8. The van der Waals surface area contributed by atoms with Gasteiger partial charge in [-0.15, -0.1) is 0 Å². The summed E-state index contributed by atoms with van der Waals surface area (Å²) in [6.45, 7) is 6.69. The molecule has 3 rings (SSSR count). The van der Waals surface area contributed by atoms with Crippen LogP contribution in [0.1, 0.15) is 51.4 Å². The molecule has 0 aliphatic carbocycles. The highest BCUT2D eigenvalue weighted by atomic mass is 16.7. The minimum atomic E-state index is -0.352. The number of benzene rings is 1. The molecule has 5 nitrogen and oxygen atoms in total. The van der Waals surface area contributed by atoms with E-state index in [-0.39, 0.29) is 19.2 Å². The van der Waals surface area contributed by atoms with Crippen molar-refractivity contribution in [1.82, 2.24) is 0 Å². The van der Waals surface area contributed by atoms with E-state index in [2.05, 4.69) is 13.8 Å². The smallest absolute Gasteiger partial charge is 0.231 e. The largest absolute Gasteiger partial charge is 0.454 e. The van der Waals surface area contributed by atoms with E-state index < -0.39 is 0 Å². The van der Waals surface area contributed by atoms with Crippen LogP contribution in [0.15, 0.2) is 18.2 Å². The van der Waals surface area contributed by atoms with E-state index in [0.29, 0.717) is 19.1 Å². The van der Waals surface area contributed by atoms with Crippen molar-refractivity contribution in [2.24, 2.45) is 5.92 Å². The Labute approximate surface area is 144 Å². The molecule has 1 aromatic carbocycles. The molecule has 3 atom stereocenters. The van der Waals surface area contributed by atoms with Crippen molar-refractivity contribution in [2.75, 3.05) is 26.6 Å². The third-order valence-electron chi connectivity index (χ3n) is 4.62. The lowest BCUT2D eigenvalue weighted by Gasteiger charge is -2.16. The Morgan fingerprint density at radius 3 is 2.92 bits per heavy atom. The molecule has 1 saturated heterocycles. The van der Waals surface area contributed by atoms with Gasteiger partial charge < -0.3 is 23.7 Å². The fourth-order valence-electron chi connectivity index (χ4n) is 3.03. The van der Waals surface area contributed by atoms with Crippen molar-refractivity contribution in [1.29, 1.82) is 0 Å².